The first kappa shape index (κ1) is 14.9. The molecule has 1 amide bonds. The van der Waals surface area contributed by atoms with Gasteiger partial charge in [0.15, 0.2) is 0 Å². The third kappa shape index (κ3) is 3.76. The number of hydrogen-bond acceptors (Lipinski definition) is 3. The number of aromatic nitrogens is 2. The Hall–Kier alpha value is -1.49. The zero-order chi connectivity index (χ0) is 14.5. The molecule has 0 unspecified atom stereocenters. The van der Waals surface area contributed by atoms with Crippen molar-refractivity contribution in [3.63, 3.8) is 0 Å². The Morgan fingerprint density at radius 1 is 1.50 bits per heavy atom. The van der Waals surface area contributed by atoms with Gasteiger partial charge in [0.2, 0.25) is 5.91 Å². The molecule has 1 aromatic carbocycles. The second-order valence-corrected chi connectivity index (χ2v) is 6.09. The van der Waals surface area contributed by atoms with Crippen LogP contribution >= 0.6 is 11.8 Å². The molecule has 20 heavy (non-hydrogen) atoms. The van der Waals surface area contributed by atoms with Gasteiger partial charge in [-0.15, -0.1) is 0 Å². The van der Waals surface area contributed by atoms with Crippen LogP contribution in [0.4, 0.5) is 0 Å². The Balaban J connectivity index is 2.00. The van der Waals surface area contributed by atoms with Crippen LogP contribution in [-0.4, -0.2) is 27.4 Å². The van der Waals surface area contributed by atoms with E-state index in [1.54, 1.807) is 11.8 Å². The highest BCUT2D eigenvalue weighted by molar-refractivity contribution is 7.99. The van der Waals surface area contributed by atoms with Crippen molar-refractivity contribution in [2.45, 2.75) is 33.2 Å². The first-order valence-corrected chi connectivity index (χ1v) is 8.09. The van der Waals surface area contributed by atoms with Crippen molar-refractivity contribution in [2.24, 2.45) is 0 Å². The minimum Gasteiger partial charge on any atom is -0.346 e. The lowest BCUT2D eigenvalue weighted by Gasteiger charge is -2.10. The Kier molecular flexibility index (Phi) is 5.06. The third-order valence-electron chi connectivity index (χ3n) is 3.02. The largest absolute Gasteiger partial charge is 0.346 e. The number of rotatable bonds is 6. The molecule has 0 bridgehead atoms. The van der Waals surface area contributed by atoms with Gasteiger partial charge >= 0.3 is 0 Å². The summed E-state index contributed by atoms with van der Waals surface area (Å²) in [6.45, 7) is 6.12. The molecule has 1 aromatic heterocycles. The quantitative estimate of drug-likeness (QED) is 0.804. The fourth-order valence-electron chi connectivity index (χ4n) is 2.01. The number of aryl methyl sites for hydroxylation is 1. The minimum absolute atomic E-state index is 0.0626. The number of benzene rings is 1. The van der Waals surface area contributed by atoms with E-state index in [1.165, 1.54) is 5.56 Å². The average Bonchev–Trinajstić information content (AvgIpc) is 2.82. The Bertz CT molecular complexity index is 594. The van der Waals surface area contributed by atoms with Gasteiger partial charge in [-0.25, -0.2) is 4.98 Å². The van der Waals surface area contributed by atoms with Gasteiger partial charge in [0, 0.05) is 0 Å². The summed E-state index contributed by atoms with van der Waals surface area (Å²) >= 11 is 1.66. The highest BCUT2D eigenvalue weighted by Crippen LogP contribution is 2.17. The molecule has 0 radical (unpaired) electrons. The molecule has 2 aromatic rings. The van der Waals surface area contributed by atoms with Crippen molar-refractivity contribution >= 4 is 28.7 Å². The van der Waals surface area contributed by atoms with Gasteiger partial charge in [-0.3, -0.25) is 4.79 Å². The van der Waals surface area contributed by atoms with Gasteiger partial charge in [0.1, 0.15) is 5.82 Å². The SMILES string of the molecule is CCCSCC(=O)N[C@@H](C)c1nc2ccc(C)cc2[nH]1. The van der Waals surface area contributed by atoms with E-state index in [1.807, 2.05) is 19.1 Å². The van der Waals surface area contributed by atoms with Crippen molar-refractivity contribution in [3.05, 3.63) is 29.6 Å². The molecule has 4 nitrogen and oxygen atoms in total. The molecule has 0 spiro atoms. The molecule has 0 fully saturated rings. The number of thioether (sulfide) groups is 1. The number of H-pyrrole nitrogens is 1. The number of nitrogens with zero attached hydrogens (tertiary/aromatic N) is 1. The number of nitrogens with one attached hydrogen (secondary N) is 2. The van der Waals surface area contributed by atoms with E-state index in [-0.39, 0.29) is 11.9 Å². The fourth-order valence-corrected chi connectivity index (χ4v) is 2.71. The lowest BCUT2D eigenvalue weighted by atomic mass is 10.2. The van der Waals surface area contributed by atoms with Crippen LogP contribution in [0.2, 0.25) is 0 Å². The van der Waals surface area contributed by atoms with Gasteiger partial charge < -0.3 is 10.3 Å². The van der Waals surface area contributed by atoms with E-state index in [2.05, 4.69) is 35.2 Å². The number of imidazole rings is 1. The highest BCUT2D eigenvalue weighted by atomic mass is 32.2. The Morgan fingerprint density at radius 3 is 3.05 bits per heavy atom. The second-order valence-electron chi connectivity index (χ2n) is 4.98. The number of aromatic amines is 1. The first-order chi connectivity index (χ1) is 9.60. The first-order valence-electron chi connectivity index (χ1n) is 6.93. The van der Waals surface area contributed by atoms with Crippen molar-refractivity contribution in [1.29, 1.82) is 0 Å². The smallest absolute Gasteiger partial charge is 0.230 e. The van der Waals surface area contributed by atoms with E-state index in [4.69, 9.17) is 0 Å². The molecule has 0 aliphatic rings. The monoisotopic (exact) mass is 291 g/mol. The van der Waals surface area contributed by atoms with Crippen LogP contribution in [0.1, 0.15) is 37.7 Å². The van der Waals surface area contributed by atoms with Crippen molar-refractivity contribution in [1.82, 2.24) is 15.3 Å². The van der Waals surface area contributed by atoms with Crippen LogP contribution in [0.25, 0.3) is 11.0 Å². The molecule has 0 saturated carbocycles. The molecule has 1 atom stereocenters. The number of hydrogen-bond donors (Lipinski definition) is 2. The van der Waals surface area contributed by atoms with E-state index >= 15 is 0 Å². The molecule has 5 heteroatoms. The van der Waals surface area contributed by atoms with Crippen molar-refractivity contribution < 1.29 is 4.79 Å². The summed E-state index contributed by atoms with van der Waals surface area (Å²) in [5, 5.41) is 2.98. The summed E-state index contributed by atoms with van der Waals surface area (Å²) in [7, 11) is 0. The fraction of sp³-hybridized carbons (Fsp3) is 0.467. The van der Waals surface area contributed by atoms with E-state index < -0.39 is 0 Å². The number of carbonyl (C=O) groups is 1. The van der Waals surface area contributed by atoms with Crippen LogP contribution < -0.4 is 5.32 Å². The summed E-state index contributed by atoms with van der Waals surface area (Å²) in [6, 6.07) is 6.00. The summed E-state index contributed by atoms with van der Waals surface area (Å²) in [6.07, 6.45) is 1.09. The predicted molar refractivity (Wildman–Crippen MR) is 85.0 cm³/mol. The van der Waals surface area contributed by atoms with Crippen LogP contribution in [0, 0.1) is 6.92 Å². The number of fused-ring (bicyclic) bond motifs is 1. The molecule has 0 aliphatic heterocycles. The maximum Gasteiger partial charge on any atom is 0.230 e. The van der Waals surface area contributed by atoms with Gasteiger partial charge in [0.05, 0.1) is 22.8 Å². The van der Waals surface area contributed by atoms with E-state index in [0.29, 0.717) is 5.75 Å². The van der Waals surface area contributed by atoms with Crippen molar-refractivity contribution in [3.8, 4) is 0 Å². The van der Waals surface area contributed by atoms with Gasteiger partial charge in [-0.2, -0.15) is 11.8 Å². The van der Waals surface area contributed by atoms with Crippen molar-refractivity contribution in [2.75, 3.05) is 11.5 Å². The molecule has 108 valence electrons. The summed E-state index contributed by atoms with van der Waals surface area (Å²) < 4.78 is 0. The maximum atomic E-state index is 11.8. The van der Waals surface area contributed by atoms with Gasteiger partial charge in [0.25, 0.3) is 0 Å². The molecule has 1 heterocycles. The van der Waals surface area contributed by atoms with Gasteiger partial charge in [-0.1, -0.05) is 13.0 Å². The summed E-state index contributed by atoms with van der Waals surface area (Å²) in [5.74, 6) is 2.40. The summed E-state index contributed by atoms with van der Waals surface area (Å²) in [5.41, 5.74) is 3.15. The third-order valence-corrected chi connectivity index (χ3v) is 4.19. The average molecular weight is 291 g/mol. The van der Waals surface area contributed by atoms with Crippen LogP contribution in [-0.2, 0) is 4.79 Å². The van der Waals surface area contributed by atoms with Crippen LogP contribution in [0.15, 0.2) is 18.2 Å². The van der Waals surface area contributed by atoms with Crippen LogP contribution in [0.5, 0.6) is 0 Å². The molecule has 0 saturated heterocycles. The topological polar surface area (TPSA) is 57.8 Å². The Morgan fingerprint density at radius 2 is 2.30 bits per heavy atom. The maximum absolute atomic E-state index is 11.8. The molecular formula is C15H21N3OS. The predicted octanol–water partition coefficient (Wildman–Crippen LogP) is 3.19. The summed E-state index contributed by atoms with van der Waals surface area (Å²) in [4.78, 5) is 19.6. The van der Waals surface area contributed by atoms with Crippen LogP contribution in [0.3, 0.4) is 0 Å². The highest BCUT2D eigenvalue weighted by Gasteiger charge is 2.13. The lowest BCUT2D eigenvalue weighted by Crippen LogP contribution is -2.28. The molecule has 0 aliphatic carbocycles. The number of carbonyl (C=O) groups excluding carboxylic acids is 1. The molecule has 2 N–H and O–H groups in total. The molecule has 2 rings (SSSR count). The Labute approximate surface area is 123 Å². The second kappa shape index (κ2) is 6.79. The zero-order valence-electron chi connectivity index (χ0n) is 12.2. The number of amides is 1. The lowest BCUT2D eigenvalue weighted by molar-refractivity contribution is -0.119. The normalized spacial score (nSPS) is 12.6. The zero-order valence-corrected chi connectivity index (χ0v) is 13.0. The van der Waals surface area contributed by atoms with Gasteiger partial charge in [-0.05, 0) is 43.7 Å². The van der Waals surface area contributed by atoms with E-state index in [9.17, 15) is 4.79 Å². The van der Waals surface area contributed by atoms with E-state index in [0.717, 1.165) is 29.0 Å². The minimum atomic E-state index is -0.0996. The molecular weight excluding hydrogens is 270 g/mol. The standard InChI is InChI=1S/C15H21N3OS/c1-4-7-20-9-14(19)16-11(3)15-17-12-6-5-10(2)8-13(12)18-15/h5-6,8,11H,4,7,9H2,1-3H3,(H,16,19)(H,17,18)/t11-/m0/s1.